The monoisotopic (exact) mass is 853 g/mol. The number of ether oxygens (including phenoxy) is 2. The summed E-state index contributed by atoms with van der Waals surface area (Å²) in [4.78, 5) is 34.9. The van der Waals surface area contributed by atoms with Crippen molar-refractivity contribution in [2.24, 2.45) is 0 Å². The van der Waals surface area contributed by atoms with Crippen molar-refractivity contribution in [2.45, 2.75) is 167 Å². The molecule has 12 nitrogen and oxygen atoms in total. The van der Waals surface area contributed by atoms with E-state index in [1.807, 2.05) is 54.7 Å². The maximum Gasteiger partial charge on any atom is 0.472 e. The van der Waals surface area contributed by atoms with E-state index < -0.39 is 64.0 Å². The van der Waals surface area contributed by atoms with Crippen molar-refractivity contribution in [2.75, 3.05) is 26.4 Å². The van der Waals surface area contributed by atoms with Crippen molar-refractivity contribution in [1.82, 2.24) is 0 Å². The molecule has 0 aliphatic carbocycles. The van der Waals surface area contributed by atoms with Crippen LogP contribution >= 0.6 is 7.82 Å². The van der Waals surface area contributed by atoms with Crippen LogP contribution in [0.4, 0.5) is 0 Å². The van der Waals surface area contributed by atoms with Crippen LogP contribution in [0.5, 0.6) is 0 Å². The number of phosphoric acid groups is 1. The van der Waals surface area contributed by atoms with Crippen LogP contribution in [-0.4, -0.2) is 88.1 Å². The van der Waals surface area contributed by atoms with E-state index in [-0.39, 0.29) is 19.4 Å². The molecule has 0 rings (SSSR count). The van der Waals surface area contributed by atoms with Crippen molar-refractivity contribution in [3.05, 3.63) is 85.1 Å². The van der Waals surface area contributed by atoms with Gasteiger partial charge in [-0.25, -0.2) is 4.57 Å². The summed E-state index contributed by atoms with van der Waals surface area (Å²) >= 11 is 0. The van der Waals surface area contributed by atoms with Gasteiger partial charge >= 0.3 is 19.8 Å². The molecule has 338 valence electrons. The van der Waals surface area contributed by atoms with E-state index in [1.54, 1.807) is 25.2 Å². The van der Waals surface area contributed by atoms with Crippen LogP contribution < -0.4 is 0 Å². The number of esters is 2. The Kier molecular flexibility index (Phi) is 38.5. The highest BCUT2D eigenvalue weighted by Crippen LogP contribution is 2.43. The minimum atomic E-state index is -4.66. The molecule has 0 spiro atoms. The number of carbonyl (C=O) groups excluding carboxylic acids is 2. The quantitative estimate of drug-likeness (QED) is 0.0130. The summed E-state index contributed by atoms with van der Waals surface area (Å²) in [5.74, 6) is -1.08. The van der Waals surface area contributed by atoms with E-state index in [0.29, 0.717) is 32.1 Å². The van der Waals surface area contributed by atoms with Gasteiger partial charge in [-0.15, -0.1) is 0 Å². The molecular weight excluding hydrogens is 775 g/mol. The number of rotatable bonds is 39. The highest BCUT2D eigenvalue weighted by atomic mass is 31.2. The summed E-state index contributed by atoms with van der Waals surface area (Å²) < 4.78 is 32.6. The lowest BCUT2D eigenvalue weighted by molar-refractivity contribution is -0.161. The van der Waals surface area contributed by atoms with Crippen LogP contribution in [-0.2, 0) is 32.7 Å². The molecule has 0 bridgehead atoms. The van der Waals surface area contributed by atoms with Gasteiger partial charge in [-0.3, -0.25) is 18.6 Å². The van der Waals surface area contributed by atoms with Crippen LogP contribution in [0.15, 0.2) is 85.1 Å². The molecule has 5 N–H and O–H groups in total. The Morgan fingerprint density at radius 3 is 1.86 bits per heavy atom. The molecule has 0 radical (unpaired) electrons. The van der Waals surface area contributed by atoms with Gasteiger partial charge in [0.15, 0.2) is 6.10 Å². The van der Waals surface area contributed by atoms with Gasteiger partial charge in [-0.1, -0.05) is 143 Å². The van der Waals surface area contributed by atoms with E-state index in [2.05, 4.69) is 23.6 Å². The zero-order chi connectivity index (χ0) is 43.7. The third-order valence-corrected chi connectivity index (χ3v) is 9.59. The summed E-state index contributed by atoms with van der Waals surface area (Å²) in [6.45, 7) is 1.64. The van der Waals surface area contributed by atoms with Gasteiger partial charge in [0, 0.05) is 12.8 Å². The standard InChI is InChI=1S/C46H77O12P/c1-3-4-5-6-7-8-9-10-11-12-13-17-20-23-30-35-45(51)55-39-44(40-57-59(53,54)56-38-43(50)37-47)58-46(52)36-31-24-21-18-15-14-16-19-22-28-33-42(49)34-29-26-25-27-32-41(2)48/h10-11,14-15,19,21-22,24,26-29,32-33,41-44,47-50H,3-9,12-13,16-18,20,23,25,30-31,34-40H2,1-2H3,(H,53,54)/b11-10-,15-14+,22-19+,24-21+,29-26+,32-27-,33-28-. The predicted octanol–water partition coefficient (Wildman–Crippen LogP) is 9.39. The highest BCUT2D eigenvalue weighted by molar-refractivity contribution is 7.47. The van der Waals surface area contributed by atoms with E-state index in [0.717, 1.165) is 44.9 Å². The Morgan fingerprint density at radius 2 is 1.19 bits per heavy atom. The lowest BCUT2D eigenvalue weighted by Crippen LogP contribution is -2.29. The third kappa shape index (κ3) is 41.6. The first kappa shape index (κ1) is 56.1. The van der Waals surface area contributed by atoms with Crippen LogP contribution in [0.25, 0.3) is 0 Å². The summed E-state index contributed by atoms with van der Waals surface area (Å²) in [6.07, 6.45) is 41.6. The molecule has 0 heterocycles. The Balaban J connectivity index is 4.52. The zero-order valence-electron chi connectivity index (χ0n) is 35.9. The number of hydrogen-bond donors (Lipinski definition) is 5. The molecule has 0 amide bonds. The largest absolute Gasteiger partial charge is 0.472 e. The smallest absolute Gasteiger partial charge is 0.462 e. The predicted molar refractivity (Wildman–Crippen MR) is 235 cm³/mol. The fraction of sp³-hybridized carbons (Fsp3) is 0.652. The van der Waals surface area contributed by atoms with Crippen molar-refractivity contribution in [3.8, 4) is 0 Å². The number of hydrogen-bond acceptors (Lipinski definition) is 11. The van der Waals surface area contributed by atoms with Gasteiger partial charge in [-0.05, 0) is 71.1 Å². The Morgan fingerprint density at radius 1 is 0.610 bits per heavy atom. The SMILES string of the molecule is CCCCCCCC/C=C\CCCCCCCC(=O)OCC(COP(=O)(O)OCC(O)CO)OC(=O)CC/C=C/C/C=C/C/C=C/C=C\C(O)C/C=C/C/C=C\C(C)O. The number of aliphatic hydroxyl groups excluding tert-OH is 4. The van der Waals surface area contributed by atoms with Gasteiger partial charge in [0.05, 0.1) is 32.0 Å². The first-order chi connectivity index (χ1) is 28.5. The number of aliphatic hydroxyl groups is 4. The van der Waals surface area contributed by atoms with Crippen LogP contribution in [0.2, 0.25) is 0 Å². The Bertz CT molecular complexity index is 1290. The number of unbranched alkanes of at least 4 members (excludes halogenated alkanes) is 11. The summed E-state index contributed by atoms with van der Waals surface area (Å²) in [5, 5.41) is 37.5. The summed E-state index contributed by atoms with van der Waals surface area (Å²) in [7, 11) is -4.66. The lowest BCUT2D eigenvalue weighted by atomic mass is 10.1. The average Bonchev–Trinajstić information content (AvgIpc) is 3.21. The van der Waals surface area contributed by atoms with Crippen LogP contribution in [0.3, 0.4) is 0 Å². The van der Waals surface area contributed by atoms with Gasteiger partial charge in [0.1, 0.15) is 12.7 Å². The van der Waals surface area contributed by atoms with Crippen LogP contribution in [0, 0.1) is 0 Å². The van der Waals surface area contributed by atoms with E-state index in [1.165, 1.54) is 38.5 Å². The number of carbonyl (C=O) groups is 2. The maximum absolute atomic E-state index is 12.6. The van der Waals surface area contributed by atoms with E-state index >= 15 is 0 Å². The minimum Gasteiger partial charge on any atom is -0.462 e. The van der Waals surface area contributed by atoms with E-state index in [9.17, 15) is 34.4 Å². The van der Waals surface area contributed by atoms with Crippen molar-refractivity contribution >= 4 is 19.8 Å². The first-order valence-electron chi connectivity index (χ1n) is 21.7. The number of phosphoric ester groups is 1. The average molecular weight is 853 g/mol. The normalized spacial score (nSPS) is 15.7. The maximum atomic E-state index is 12.6. The minimum absolute atomic E-state index is 0.0201. The third-order valence-electron chi connectivity index (χ3n) is 8.64. The van der Waals surface area contributed by atoms with Gasteiger partial charge < -0.3 is 34.8 Å². The molecule has 5 unspecified atom stereocenters. The second kappa shape index (κ2) is 40.5. The van der Waals surface area contributed by atoms with Gasteiger partial charge in [0.25, 0.3) is 0 Å². The van der Waals surface area contributed by atoms with E-state index in [4.69, 9.17) is 19.1 Å². The fourth-order valence-electron chi connectivity index (χ4n) is 5.29. The second-order valence-corrected chi connectivity index (χ2v) is 15.9. The van der Waals surface area contributed by atoms with Crippen LogP contribution in [0.1, 0.15) is 142 Å². The summed E-state index contributed by atoms with van der Waals surface area (Å²) in [5.41, 5.74) is 0. The molecule has 0 aliphatic rings. The molecule has 0 aromatic carbocycles. The Labute approximate surface area is 355 Å². The molecule has 13 heteroatoms. The summed E-state index contributed by atoms with van der Waals surface area (Å²) in [6, 6.07) is 0. The Hall–Kier alpha value is -2.93. The van der Waals surface area contributed by atoms with Crippen molar-refractivity contribution in [1.29, 1.82) is 0 Å². The molecule has 5 atom stereocenters. The molecule has 0 fully saturated rings. The molecule has 0 aromatic rings. The molecule has 0 saturated heterocycles. The second-order valence-electron chi connectivity index (χ2n) is 14.5. The zero-order valence-corrected chi connectivity index (χ0v) is 36.8. The van der Waals surface area contributed by atoms with Gasteiger partial charge in [0.2, 0.25) is 0 Å². The highest BCUT2D eigenvalue weighted by Gasteiger charge is 2.27. The van der Waals surface area contributed by atoms with Crippen molar-refractivity contribution < 1.29 is 58.0 Å². The van der Waals surface area contributed by atoms with Crippen molar-refractivity contribution in [3.63, 3.8) is 0 Å². The molecule has 0 aliphatic heterocycles. The molecule has 59 heavy (non-hydrogen) atoms. The van der Waals surface area contributed by atoms with Gasteiger partial charge in [-0.2, -0.15) is 0 Å². The first-order valence-corrected chi connectivity index (χ1v) is 23.2. The number of allylic oxidation sites excluding steroid dienone is 11. The lowest BCUT2D eigenvalue weighted by Gasteiger charge is -2.20. The molecule has 0 saturated carbocycles. The molecular formula is C46H77O12P. The fourth-order valence-corrected chi connectivity index (χ4v) is 6.08. The topological polar surface area (TPSA) is 189 Å². The molecule has 0 aromatic heterocycles.